The first-order chi connectivity index (χ1) is 20.1. The van der Waals surface area contributed by atoms with E-state index in [-0.39, 0.29) is 36.7 Å². The lowest BCUT2D eigenvalue weighted by Crippen LogP contribution is -2.28. The summed E-state index contributed by atoms with van der Waals surface area (Å²) >= 11 is 0. The Labute approximate surface area is 251 Å². The van der Waals surface area contributed by atoms with Gasteiger partial charge >= 0.3 is 12.1 Å². The van der Waals surface area contributed by atoms with Crippen molar-refractivity contribution in [3.05, 3.63) is 88.7 Å². The number of phenolic OH excluding ortho intramolecular Hbond substituents is 1. The fourth-order valence-electron chi connectivity index (χ4n) is 4.56. The maximum Gasteiger partial charge on any atom is 0.411 e. The van der Waals surface area contributed by atoms with Gasteiger partial charge in [-0.05, 0) is 89.8 Å². The number of amides is 1. The molecule has 7 heteroatoms. The Morgan fingerprint density at radius 2 is 1.79 bits per heavy atom. The highest BCUT2D eigenvalue weighted by Crippen LogP contribution is 2.26. The van der Waals surface area contributed by atoms with Crippen molar-refractivity contribution in [3.8, 4) is 5.75 Å². The molecule has 0 bridgehead atoms. The Balaban J connectivity index is 1.85. The summed E-state index contributed by atoms with van der Waals surface area (Å²) in [6.45, 7) is 10.6. The van der Waals surface area contributed by atoms with Crippen LogP contribution in [0.15, 0.2) is 77.6 Å². The van der Waals surface area contributed by atoms with Gasteiger partial charge in [-0.15, -0.1) is 0 Å². The average Bonchev–Trinajstić information content (AvgIpc) is 2.92. The summed E-state index contributed by atoms with van der Waals surface area (Å²) in [5.74, 6) is -0.799. The zero-order chi connectivity index (χ0) is 30.9. The van der Waals surface area contributed by atoms with Gasteiger partial charge in [-0.25, -0.2) is 9.59 Å². The minimum atomic E-state index is -0.682. The lowest BCUT2D eigenvalue weighted by atomic mass is 9.94. The fourth-order valence-corrected chi connectivity index (χ4v) is 4.56. The van der Waals surface area contributed by atoms with E-state index >= 15 is 0 Å². The number of alkyl carbamates (subject to hydrolysis) is 1. The number of phenols is 1. The van der Waals surface area contributed by atoms with E-state index in [0.717, 1.165) is 31.3 Å². The first kappa shape index (κ1) is 34.6. The summed E-state index contributed by atoms with van der Waals surface area (Å²) in [6.07, 6.45) is 17.2. The highest BCUT2D eigenvalue weighted by molar-refractivity contribution is 5.94. The van der Waals surface area contributed by atoms with Crippen molar-refractivity contribution < 1.29 is 29.3 Å². The van der Waals surface area contributed by atoms with Crippen LogP contribution in [0, 0.1) is 5.92 Å². The number of rotatable bonds is 11. The fraction of sp³-hybridized carbons (Fsp3) is 0.486. The smallest absolute Gasteiger partial charge is 0.411 e. The maximum atomic E-state index is 13.0. The normalized spacial score (nSPS) is 21.0. The van der Waals surface area contributed by atoms with Crippen molar-refractivity contribution in [2.75, 3.05) is 6.61 Å². The molecule has 3 unspecified atom stereocenters. The number of allylic oxidation sites excluding steroid dienone is 7. The van der Waals surface area contributed by atoms with Crippen molar-refractivity contribution in [1.29, 1.82) is 0 Å². The quantitative estimate of drug-likeness (QED) is 0.182. The standard InChI is InChI=1S/C35H49NO6/c1-25(2)12-8-13-26(3)14-9-15-27(4)21-23-41-35(40)36-22-11-19-30-24-32(38)28(5)16-6-7-17-29-18-10-20-31(37)33(29)34(39)42-30/h6-7,10-12,14,18,20-22,28,30,32,37-38H,8-9,13,15-17,19,23-24H2,1-5H3,(H,36,40)/b7-6+,22-11+,26-14-,27-21+. The summed E-state index contributed by atoms with van der Waals surface area (Å²) in [4.78, 5) is 25.1. The Kier molecular flexibility index (Phi) is 15.5. The zero-order valence-electron chi connectivity index (χ0n) is 25.9. The van der Waals surface area contributed by atoms with Crippen LogP contribution in [0.1, 0.15) is 95.5 Å². The lowest BCUT2D eigenvalue weighted by Gasteiger charge is -2.24. The molecule has 0 saturated carbocycles. The van der Waals surface area contributed by atoms with Crippen LogP contribution in [-0.2, 0) is 15.9 Å². The first-order valence-electron chi connectivity index (χ1n) is 14.9. The summed E-state index contributed by atoms with van der Waals surface area (Å²) in [5, 5.41) is 23.6. The number of cyclic esters (lactones) is 1. The molecule has 1 aromatic rings. The van der Waals surface area contributed by atoms with E-state index in [0.29, 0.717) is 18.4 Å². The molecule has 42 heavy (non-hydrogen) atoms. The summed E-state index contributed by atoms with van der Waals surface area (Å²) in [5.41, 5.74) is 4.70. The number of hydrogen-bond donors (Lipinski definition) is 3. The molecule has 0 saturated heterocycles. The molecule has 1 aliphatic heterocycles. The van der Waals surface area contributed by atoms with Gasteiger partial charge in [0.05, 0.1) is 6.10 Å². The van der Waals surface area contributed by atoms with Gasteiger partial charge in [0.2, 0.25) is 0 Å². The van der Waals surface area contributed by atoms with Gasteiger partial charge in [-0.1, -0.05) is 66.2 Å². The number of aliphatic hydroxyl groups excluding tert-OH is 1. The molecule has 0 radical (unpaired) electrons. The monoisotopic (exact) mass is 579 g/mol. The third-order valence-corrected chi connectivity index (χ3v) is 7.27. The first-order valence-corrected chi connectivity index (χ1v) is 14.9. The highest BCUT2D eigenvalue weighted by Gasteiger charge is 2.25. The van der Waals surface area contributed by atoms with Crippen LogP contribution in [0.2, 0.25) is 0 Å². The van der Waals surface area contributed by atoms with E-state index in [9.17, 15) is 19.8 Å². The van der Waals surface area contributed by atoms with Crippen LogP contribution >= 0.6 is 0 Å². The van der Waals surface area contributed by atoms with Gasteiger partial charge in [0.15, 0.2) is 0 Å². The van der Waals surface area contributed by atoms with Gasteiger partial charge in [-0.3, -0.25) is 5.32 Å². The second-order valence-electron chi connectivity index (χ2n) is 11.4. The van der Waals surface area contributed by atoms with E-state index in [1.165, 1.54) is 23.4 Å². The Morgan fingerprint density at radius 1 is 1.07 bits per heavy atom. The van der Waals surface area contributed by atoms with E-state index < -0.39 is 24.3 Å². The molecule has 0 aliphatic carbocycles. The van der Waals surface area contributed by atoms with Gasteiger partial charge in [0.1, 0.15) is 24.0 Å². The number of carbonyl (C=O) groups excluding carboxylic acids is 2. The molecular formula is C35H49NO6. The molecule has 0 spiro atoms. The number of esters is 1. The Bertz CT molecular complexity index is 1170. The third kappa shape index (κ3) is 13.4. The second kappa shape index (κ2) is 18.8. The maximum absolute atomic E-state index is 13.0. The lowest BCUT2D eigenvalue weighted by molar-refractivity contribution is 0.00678. The number of benzene rings is 1. The second-order valence-corrected chi connectivity index (χ2v) is 11.4. The highest BCUT2D eigenvalue weighted by atomic mass is 16.5. The summed E-state index contributed by atoms with van der Waals surface area (Å²) < 4.78 is 11.0. The average molecular weight is 580 g/mol. The van der Waals surface area contributed by atoms with Gasteiger partial charge < -0.3 is 19.7 Å². The van der Waals surface area contributed by atoms with Crippen LogP contribution in [0.25, 0.3) is 0 Å². The van der Waals surface area contributed by atoms with E-state index in [1.54, 1.807) is 18.2 Å². The van der Waals surface area contributed by atoms with Crippen molar-refractivity contribution in [2.24, 2.45) is 5.92 Å². The number of fused-ring (bicyclic) bond motifs is 1. The van der Waals surface area contributed by atoms with Crippen LogP contribution in [-0.4, -0.2) is 41.1 Å². The van der Waals surface area contributed by atoms with Crippen LogP contribution < -0.4 is 5.32 Å². The number of aromatic hydroxyl groups is 1. The number of carbonyl (C=O) groups is 2. The van der Waals surface area contributed by atoms with Gasteiger partial charge in [0.25, 0.3) is 0 Å². The minimum Gasteiger partial charge on any atom is -0.507 e. The molecule has 3 N–H and O–H groups in total. The molecule has 1 aliphatic rings. The molecular weight excluding hydrogens is 530 g/mol. The molecule has 1 aromatic carbocycles. The molecule has 7 nitrogen and oxygen atoms in total. The van der Waals surface area contributed by atoms with Crippen LogP contribution in [0.5, 0.6) is 5.75 Å². The summed E-state index contributed by atoms with van der Waals surface area (Å²) in [6, 6.07) is 4.95. The number of nitrogens with one attached hydrogen (secondary N) is 1. The molecule has 0 aromatic heterocycles. The van der Waals surface area contributed by atoms with Crippen molar-refractivity contribution >= 4 is 12.1 Å². The molecule has 1 heterocycles. The SMILES string of the molecule is CC(C)=CCC/C(C)=C\CC/C(C)=C/COC(=O)N/C=C/CC1CC(O)C(C)C/C=C/Cc2cccc(O)c2C(=O)O1. The van der Waals surface area contributed by atoms with E-state index in [4.69, 9.17) is 9.47 Å². The van der Waals surface area contributed by atoms with Gasteiger partial charge in [0, 0.05) is 19.0 Å². The summed E-state index contributed by atoms with van der Waals surface area (Å²) in [7, 11) is 0. The Hall–Kier alpha value is -3.58. The van der Waals surface area contributed by atoms with E-state index in [1.807, 2.05) is 32.1 Å². The zero-order valence-corrected chi connectivity index (χ0v) is 25.9. The largest absolute Gasteiger partial charge is 0.507 e. The Morgan fingerprint density at radius 3 is 2.52 bits per heavy atom. The molecule has 2 rings (SSSR count). The predicted molar refractivity (Wildman–Crippen MR) is 168 cm³/mol. The number of aliphatic hydroxyl groups is 1. The van der Waals surface area contributed by atoms with Crippen molar-refractivity contribution in [2.45, 2.75) is 98.2 Å². The van der Waals surface area contributed by atoms with Crippen LogP contribution in [0.3, 0.4) is 0 Å². The minimum absolute atomic E-state index is 0.0216. The predicted octanol–water partition coefficient (Wildman–Crippen LogP) is 7.86. The number of hydrogen-bond acceptors (Lipinski definition) is 6. The number of ether oxygens (including phenoxy) is 2. The van der Waals surface area contributed by atoms with Gasteiger partial charge in [-0.2, -0.15) is 0 Å². The molecule has 3 atom stereocenters. The van der Waals surface area contributed by atoms with E-state index in [2.05, 4.69) is 38.2 Å². The molecule has 0 fully saturated rings. The van der Waals surface area contributed by atoms with Crippen LogP contribution in [0.4, 0.5) is 4.79 Å². The topological polar surface area (TPSA) is 105 Å². The molecule has 230 valence electrons. The molecule has 1 amide bonds. The van der Waals surface area contributed by atoms with Crippen molar-refractivity contribution in [1.82, 2.24) is 5.32 Å². The van der Waals surface area contributed by atoms with Crippen molar-refractivity contribution in [3.63, 3.8) is 0 Å². The third-order valence-electron chi connectivity index (χ3n) is 7.27.